The number of halogens is 4. The van der Waals surface area contributed by atoms with E-state index in [-0.39, 0.29) is 18.2 Å². The summed E-state index contributed by atoms with van der Waals surface area (Å²) in [6, 6.07) is 2.70. The molecule has 21 heavy (non-hydrogen) atoms. The maximum absolute atomic E-state index is 13.0. The molecule has 1 aromatic carbocycles. The molecule has 0 amide bonds. The summed E-state index contributed by atoms with van der Waals surface area (Å²) in [5.74, 6) is -0.493. The van der Waals surface area contributed by atoms with Gasteiger partial charge in [-0.15, -0.1) is 0 Å². The molecule has 118 valence electrons. The zero-order valence-electron chi connectivity index (χ0n) is 12.2. The van der Waals surface area contributed by atoms with Crippen molar-refractivity contribution in [2.75, 3.05) is 6.54 Å². The molecule has 3 nitrogen and oxygen atoms in total. The fraction of sp³-hybridized carbons (Fsp3) is 0.500. The van der Waals surface area contributed by atoms with Gasteiger partial charge in [0.2, 0.25) is 0 Å². The summed E-state index contributed by atoms with van der Waals surface area (Å²) >= 11 is 0. The molecule has 0 fully saturated rings. The zero-order chi connectivity index (χ0) is 16.0. The van der Waals surface area contributed by atoms with Crippen molar-refractivity contribution in [2.24, 2.45) is 4.99 Å². The van der Waals surface area contributed by atoms with Gasteiger partial charge in [-0.3, -0.25) is 0 Å². The molecule has 0 saturated heterocycles. The molecule has 1 rings (SSSR count). The van der Waals surface area contributed by atoms with E-state index in [9.17, 15) is 17.6 Å². The highest BCUT2D eigenvalue weighted by Gasteiger charge is 2.33. The Morgan fingerprint density at radius 1 is 1.29 bits per heavy atom. The van der Waals surface area contributed by atoms with Crippen LogP contribution in [0.2, 0.25) is 0 Å². The van der Waals surface area contributed by atoms with Crippen LogP contribution in [0.5, 0.6) is 0 Å². The highest BCUT2D eigenvalue weighted by Crippen LogP contribution is 2.32. The predicted octanol–water partition coefficient (Wildman–Crippen LogP) is 3.31. The van der Waals surface area contributed by atoms with E-state index < -0.39 is 17.6 Å². The lowest BCUT2D eigenvalue weighted by molar-refractivity contribution is -0.138. The molecule has 0 saturated carbocycles. The number of benzene rings is 1. The molecule has 0 aromatic heterocycles. The summed E-state index contributed by atoms with van der Waals surface area (Å²) < 4.78 is 51.6. The van der Waals surface area contributed by atoms with Gasteiger partial charge in [0.25, 0.3) is 0 Å². The van der Waals surface area contributed by atoms with Gasteiger partial charge >= 0.3 is 6.18 Å². The first-order valence-electron chi connectivity index (χ1n) is 6.64. The van der Waals surface area contributed by atoms with E-state index in [2.05, 4.69) is 15.6 Å². The van der Waals surface area contributed by atoms with Gasteiger partial charge in [-0.2, -0.15) is 13.2 Å². The molecule has 1 aromatic rings. The van der Waals surface area contributed by atoms with Crippen LogP contribution in [-0.4, -0.2) is 18.5 Å². The molecule has 0 aliphatic carbocycles. The van der Waals surface area contributed by atoms with Crippen LogP contribution in [0.15, 0.2) is 23.2 Å². The molecule has 7 heteroatoms. The van der Waals surface area contributed by atoms with Crippen molar-refractivity contribution in [3.63, 3.8) is 0 Å². The first kappa shape index (κ1) is 17.3. The molecule has 0 aliphatic heterocycles. The molecule has 0 spiro atoms. The average Bonchev–Trinajstić information content (AvgIpc) is 2.35. The Kier molecular flexibility index (Phi) is 5.99. The summed E-state index contributed by atoms with van der Waals surface area (Å²) in [5.41, 5.74) is -1.06. The topological polar surface area (TPSA) is 36.4 Å². The second kappa shape index (κ2) is 7.28. The van der Waals surface area contributed by atoms with Gasteiger partial charge in [0, 0.05) is 12.6 Å². The molecule has 0 heterocycles. The Balaban J connectivity index is 3.00. The molecule has 2 N–H and O–H groups in total. The van der Waals surface area contributed by atoms with Crippen LogP contribution in [0, 0.1) is 5.82 Å². The predicted molar refractivity (Wildman–Crippen MR) is 74.5 cm³/mol. The lowest BCUT2D eigenvalue weighted by Gasteiger charge is -2.15. The number of hydrogen-bond acceptors (Lipinski definition) is 1. The highest BCUT2D eigenvalue weighted by atomic mass is 19.4. The minimum atomic E-state index is -4.60. The summed E-state index contributed by atoms with van der Waals surface area (Å²) in [6.07, 6.45) is -4.60. The van der Waals surface area contributed by atoms with Crippen LogP contribution in [0.3, 0.4) is 0 Å². The zero-order valence-corrected chi connectivity index (χ0v) is 12.2. The van der Waals surface area contributed by atoms with Gasteiger partial charge < -0.3 is 10.6 Å². The smallest absolute Gasteiger partial charge is 0.357 e. The fourth-order valence-corrected chi connectivity index (χ4v) is 1.71. The lowest BCUT2D eigenvalue weighted by Crippen LogP contribution is -2.41. The van der Waals surface area contributed by atoms with Crippen molar-refractivity contribution in [1.29, 1.82) is 0 Å². The molecule has 0 unspecified atom stereocenters. The molecule has 0 radical (unpaired) electrons. The number of nitrogens with one attached hydrogen (secondary N) is 2. The SMILES string of the molecule is CCNC(=NCc1ccc(F)cc1C(F)(F)F)NC(C)C. The molecule has 0 bridgehead atoms. The molecule has 0 atom stereocenters. The third-order valence-corrected chi connectivity index (χ3v) is 2.55. The van der Waals surface area contributed by atoms with Gasteiger partial charge in [0.05, 0.1) is 12.1 Å². The van der Waals surface area contributed by atoms with E-state index >= 15 is 0 Å². The van der Waals surface area contributed by atoms with Gasteiger partial charge in [-0.1, -0.05) is 6.07 Å². The highest BCUT2D eigenvalue weighted by molar-refractivity contribution is 5.80. The number of aliphatic imine (C=N–C) groups is 1. The first-order chi connectivity index (χ1) is 9.74. The van der Waals surface area contributed by atoms with Crippen molar-refractivity contribution in [1.82, 2.24) is 10.6 Å². The standard InChI is InChI=1S/C14H19F4N3/c1-4-19-13(21-9(2)3)20-8-10-5-6-11(15)7-12(10)14(16,17)18/h5-7,9H,4,8H2,1-3H3,(H2,19,20,21). The van der Waals surface area contributed by atoms with E-state index in [1.54, 1.807) is 0 Å². The van der Waals surface area contributed by atoms with E-state index in [4.69, 9.17) is 0 Å². The quantitative estimate of drug-likeness (QED) is 0.509. The minimum absolute atomic E-state index is 0.0649. The number of hydrogen-bond donors (Lipinski definition) is 2. The number of guanidine groups is 1. The van der Waals surface area contributed by atoms with Crippen LogP contribution in [0.4, 0.5) is 17.6 Å². The summed E-state index contributed by atoms with van der Waals surface area (Å²) in [5, 5.41) is 5.94. The molecular weight excluding hydrogens is 286 g/mol. The minimum Gasteiger partial charge on any atom is -0.357 e. The second-order valence-corrected chi connectivity index (χ2v) is 4.79. The Labute approximate surface area is 121 Å². The lowest BCUT2D eigenvalue weighted by atomic mass is 10.1. The van der Waals surface area contributed by atoms with E-state index in [1.165, 1.54) is 0 Å². The van der Waals surface area contributed by atoms with Gasteiger partial charge in [0.15, 0.2) is 5.96 Å². The Morgan fingerprint density at radius 2 is 1.95 bits per heavy atom. The molecule has 0 aliphatic rings. The fourth-order valence-electron chi connectivity index (χ4n) is 1.71. The number of alkyl halides is 3. The third-order valence-electron chi connectivity index (χ3n) is 2.55. The summed E-state index contributed by atoms with van der Waals surface area (Å²) in [6.45, 7) is 6.06. The van der Waals surface area contributed by atoms with Crippen LogP contribution < -0.4 is 10.6 Å². The van der Waals surface area contributed by atoms with E-state index in [0.29, 0.717) is 18.6 Å². The van der Waals surface area contributed by atoms with E-state index in [0.717, 1.165) is 12.1 Å². The number of rotatable bonds is 4. The Hall–Kier alpha value is -1.79. The van der Waals surface area contributed by atoms with Crippen molar-refractivity contribution < 1.29 is 17.6 Å². The monoisotopic (exact) mass is 305 g/mol. The van der Waals surface area contributed by atoms with Crippen LogP contribution in [0.1, 0.15) is 31.9 Å². The summed E-state index contributed by atoms with van der Waals surface area (Å²) in [4.78, 5) is 4.10. The second-order valence-electron chi connectivity index (χ2n) is 4.79. The Bertz CT molecular complexity index is 495. The molecular formula is C14H19F4N3. The van der Waals surface area contributed by atoms with Crippen LogP contribution in [0.25, 0.3) is 0 Å². The van der Waals surface area contributed by atoms with E-state index in [1.807, 2.05) is 20.8 Å². The number of nitrogens with zero attached hydrogens (tertiary/aromatic N) is 1. The van der Waals surface area contributed by atoms with Crippen molar-refractivity contribution in [2.45, 2.75) is 39.5 Å². The largest absolute Gasteiger partial charge is 0.416 e. The van der Waals surface area contributed by atoms with Crippen LogP contribution >= 0.6 is 0 Å². The summed E-state index contributed by atoms with van der Waals surface area (Å²) in [7, 11) is 0. The van der Waals surface area contributed by atoms with Crippen LogP contribution in [-0.2, 0) is 12.7 Å². The normalized spacial score (nSPS) is 12.7. The van der Waals surface area contributed by atoms with Gasteiger partial charge in [0.1, 0.15) is 5.82 Å². The third kappa shape index (κ3) is 5.61. The average molecular weight is 305 g/mol. The van der Waals surface area contributed by atoms with Gasteiger partial charge in [-0.25, -0.2) is 9.38 Å². The van der Waals surface area contributed by atoms with Crippen molar-refractivity contribution >= 4 is 5.96 Å². The maximum Gasteiger partial charge on any atom is 0.416 e. The van der Waals surface area contributed by atoms with Crippen molar-refractivity contribution in [3.05, 3.63) is 35.1 Å². The van der Waals surface area contributed by atoms with Crippen molar-refractivity contribution in [3.8, 4) is 0 Å². The first-order valence-corrected chi connectivity index (χ1v) is 6.64. The van der Waals surface area contributed by atoms with Gasteiger partial charge in [-0.05, 0) is 38.5 Å². The maximum atomic E-state index is 13.0. The Morgan fingerprint density at radius 3 is 2.48 bits per heavy atom.